The number of fused-ring (bicyclic) bond motifs is 1. The van der Waals surface area contributed by atoms with E-state index < -0.39 is 5.60 Å². The summed E-state index contributed by atoms with van der Waals surface area (Å²) in [5.74, 6) is 1.55. The summed E-state index contributed by atoms with van der Waals surface area (Å²) < 4.78 is 12.2. The van der Waals surface area contributed by atoms with Crippen molar-refractivity contribution in [2.75, 3.05) is 6.61 Å². The molecule has 0 saturated heterocycles. The summed E-state index contributed by atoms with van der Waals surface area (Å²) in [6.07, 6.45) is 5.74. The van der Waals surface area contributed by atoms with E-state index in [0.717, 1.165) is 50.0 Å². The molecule has 0 aliphatic carbocycles. The fourth-order valence-corrected chi connectivity index (χ4v) is 4.03. The Bertz CT molecular complexity index is 1020. The molecule has 0 saturated carbocycles. The second-order valence-electron chi connectivity index (χ2n) is 8.67. The van der Waals surface area contributed by atoms with Crippen molar-refractivity contribution in [2.24, 2.45) is 0 Å². The number of nitrogens with zero attached hydrogens (tertiary/aromatic N) is 1. The van der Waals surface area contributed by atoms with Crippen LogP contribution < -0.4 is 9.47 Å². The number of ether oxygens (including phenoxy) is 2. The van der Waals surface area contributed by atoms with Crippen molar-refractivity contribution in [2.45, 2.75) is 58.0 Å². The highest BCUT2D eigenvalue weighted by Crippen LogP contribution is 2.33. The topological polar surface area (TPSA) is 51.6 Å². The highest BCUT2D eigenvalue weighted by atomic mass is 16.5. The lowest BCUT2D eigenvalue weighted by molar-refractivity contribution is 0.0160. The third-order valence-corrected chi connectivity index (χ3v) is 5.85. The molecule has 0 radical (unpaired) electrons. The average Bonchev–Trinajstić information content (AvgIpc) is 2.77. The first-order valence-electron chi connectivity index (χ1n) is 11.2. The van der Waals surface area contributed by atoms with Crippen molar-refractivity contribution in [1.82, 2.24) is 4.98 Å². The van der Waals surface area contributed by atoms with E-state index in [1.54, 1.807) is 12.1 Å². The molecule has 3 aromatic rings. The van der Waals surface area contributed by atoms with Crippen LogP contribution >= 0.6 is 0 Å². The molecule has 0 amide bonds. The number of aromatic nitrogens is 1. The maximum absolute atomic E-state index is 10.2. The zero-order valence-corrected chi connectivity index (χ0v) is 18.4. The van der Waals surface area contributed by atoms with Gasteiger partial charge in [-0.05, 0) is 61.8 Å². The van der Waals surface area contributed by atoms with Gasteiger partial charge in [-0.2, -0.15) is 0 Å². The van der Waals surface area contributed by atoms with Gasteiger partial charge in [-0.15, -0.1) is 0 Å². The van der Waals surface area contributed by atoms with Crippen molar-refractivity contribution in [3.8, 4) is 17.4 Å². The van der Waals surface area contributed by atoms with E-state index in [9.17, 15) is 5.11 Å². The fourth-order valence-electron chi connectivity index (χ4n) is 4.03. The summed E-state index contributed by atoms with van der Waals surface area (Å²) in [6, 6.07) is 20.2. The maximum atomic E-state index is 10.2. The van der Waals surface area contributed by atoms with E-state index in [1.807, 2.05) is 18.2 Å². The molecule has 0 fully saturated rings. The molecule has 0 bridgehead atoms. The summed E-state index contributed by atoms with van der Waals surface area (Å²) in [5, 5.41) is 10.2. The van der Waals surface area contributed by atoms with Crippen LogP contribution in [-0.4, -0.2) is 22.3 Å². The molecule has 2 heterocycles. The summed E-state index contributed by atoms with van der Waals surface area (Å²) >= 11 is 0. The van der Waals surface area contributed by atoms with Gasteiger partial charge < -0.3 is 14.6 Å². The van der Waals surface area contributed by atoms with Crippen LogP contribution in [0.2, 0.25) is 0 Å². The predicted molar refractivity (Wildman–Crippen MR) is 123 cm³/mol. The number of para-hydroxylation sites is 1. The quantitative estimate of drug-likeness (QED) is 0.512. The molecule has 4 rings (SSSR count). The predicted octanol–water partition coefficient (Wildman–Crippen LogP) is 5.69. The minimum absolute atomic E-state index is 0.179. The highest BCUT2D eigenvalue weighted by Gasteiger charge is 2.32. The fraction of sp³-hybridized carbons (Fsp3) is 0.370. The smallest absolute Gasteiger partial charge is 0.217 e. The SMILES string of the molecule is CCCc1ccc(CCc2cc(O)cc(OCC3(C)CCc4ccccc4O3)n2)cc1. The molecule has 1 aliphatic heterocycles. The Morgan fingerprint density at radius 1 is 1.00 bits per heavy atom. The van der Waals surface area contributed by atoms with Crippen molar-refractivity contribution >= 4 is 0 Å². The molecule has 4 heteroatoms. The number of rotatable bonds is 8. The van der Waals surface area contributed by atoms with Crippen molar-refractivity contribution < 1.29 is 14.6 Å². The second-order valence-corrected chi connectivity index (χ2v) is 8.67. The molecule has 1 aliphatic rings. The van der Waals surface area contributed by atoms with Crippen LogP contribution in [-0.2, 0) is 25.7 Å². The van der Waals surface area contributed by atoms with Crippen molar-refractivity contribution in [3.63, 3.8) is 0 Å². The van der Waals surface area contributed by atoms with Crippen LogP contribution in [0.3, 0.4) is 0 Å². The Balaban J connectivity index is 1.36. The molecule has 1 N–H and O–H groups in total. The molecule has 4 nitrogen and oxygen atoms in total. The zero-order chi connectivity index (χ0) is 21.7. The minimum Gasteiger partial charge on any atom is -0.508 e. The first-order chi connectivity index (χ1) is 15.0. The molecule has 162 valence electrons. The lowest BCUT2D eigenvalue weighted by Crippen LogP contribution is -2.42. The molecule has 0 spiro atoms. The molecule has 1 atom stereocenters. The third-order valence-electron chi connectivity index (χ3n) is 5.85. The summed E-state index contributed by atoms with van der Waals surface area (Å²) in [7, 11) is 0. The van der Waals surface area contributed by atoms with Gasteiger partial charge >= 0.3 is 0 Å². The van der Waals surface area contributed by atoms with Crippen LogP contribution in [0.25, 0.3) is 0 Å². The van der Waals surface area contributed by atoms with Gasteiger partial charge in [-0.3, -0.25) is 0 Å². The van der Waals surface area contributed by atoms with Gasteiger partial charge in [-0.25, -0.2) is 4.98 Å². The molecular weight excluding hydrogens is 386 g/mol. The Kier molecular flexibility index (Phi) is 6.45. The van der Waals surface area contributed by atoms with E-state index in [1.165, 1.54) is 16.7 Å². The standard InChI is InChI=1S/C27H31NO3/c1-3-6-20-9-11-21(12-10-20)13-14-23-17-24(29)18-26(28-23)30-19-27(2)16-15-22-7-4-5-8-25(22)31-27/h4-5,7-12,17-18H,3,6,13-16,19H2,1-2H3,(H,28,29). The minimum atomic E-state index is -0.415. The first-order valence-corrected chi connectivity index (χ1v) is 11.2. The monoisotopic (exact) mass is 417 g/mol. The maximum Gasteiger partial charge on any atom is 0.217 e. The largest absolute Gasteiger partial charge is 0.508 e. The number of pyridine rings is 1. The van der Waals surface area contributed by atoms with Crippen LogP contribution in [0, 0.1) is 0 Å². The summed E-state index contributed by atoms with van der Waals surface area (Å²) in [4.78, 5) is 4.62. The Morgan fingerprint density at radius 2 is 1.74 bits per heavy atom. The van der Waals surface area contributed by atoms with Gasteiger partial charge in [0.1, 0.15) is 23.7 Å². The van der Waals surface area contributed by atoms with Crippen LogP contribution in [0.1, 0.15) is 49.1 Å². The molecular formula is C27H31NO3. The molecule has 1 aromatic heterocycles. The van der Waals surface area contributed by atoms with E-state index >= 15 is 0 Å². The molecule has 31 heavy (non-hydrogen) atoms. The Hall–Kier alpha value is -3.01. The van der Waals surface area contributed by atoms with Gasteiger partial charge in [0.05, 0.1) is 0 Å². The molecule has 2 aromatic carbocycles. The lowest BCUT2D eigenvalue weighted by atomic mass is 9.93. The summed E-state index contributed by atoms with van der Waals surface area (Å²) in [5.41, 5.74) is 4.29. The Morgan fingerprint density at radius 3 is 2.52 bits per heavy atom. The molecule has 1 unspecified atom stereocenters. The Labute approximate surface area is 184 Å². The third kappa shape index (κ3) is 5.57. The van der Waals surface area contributed by atoms with Gasteiger partial charge in [0.15, 0.2) is 0 Å². The zero-order valence-electron chi connectivity index (χ0n) is 18.4. The van der Waals surface area contributed by atoms with Crippen LogP contribution in [0.5, 0.6) is 17.4 Å². The van der Waals surface area contributed by atoms with Crippen molar-refractivity contribution in [1.29, 1.82) is 0 Å². The van der Waals surface area contributed by atoms with E-state index in [0.29, 0.717) is 12.5 Å². The summed E-state index contributed by atoms with van der Waals surface area (Å²) in [6.45, 7) is 4.64. The first kappa shape index (κ1) is 21.2. The highest BCUT2D eigenvalue weighted by molar-refractivity contribution is 5.36. The van der Waals surface area contributed by atoms with Gasteiger partial charge in [-0.1, -0.05) is 55.8 Å². The second kappa shape index (κ2) is 9.42. The van der Waals surface area contributed by atoms with Gasteiger partial charge in [0.2, 0.25) is 5.88 Å². The normalized spacial score (nSPS) is 17.6. The van der Waals surface area contributed by atoms with Gasteiger partial charge in [0.25, 0.3) is 0 Å². The number of aryl methyl sites for hydroxylation is 4. The van der Waals surface area contributed by atoms with E-state index in [4.69, 9.17) is 9.47 Å². The van der Waals surface area contributed by atoms with Crippen LogP contribution in [0.15, 0.2) is 60.7 Å². The van der Waals surface area contributed by atoms with Crippen LogP contribution in [0.4, 0.5) is 0 Å². The van der Waals surface area contributed by atoms with Crippen molar-refractivity contribution in [3.05, 3.63) is 83.0 Å². The van der Waals surface area contributed by atoms with E-state index in [2.05, 4.69) is 49.2 Å². The average molecular weight is 418 g/mol. The number of aromatic hydroxyl groups is 1. The van der Waals surface area contributed by atoms with E-state index in [-0.39, 0.29) is 5.75 Å². The number of hydrogen-bond acceptors (Lipinski definition) is 4. The lowest BCUT2D eigenvalue weighted by Gasteiger charge is -2.35. The van der Waals surface area contributed by atoms with Gasteiger partial charge in [0, 0.05) is 17.8 Å². The number of hydrogen-bond donors (Lipinski definition) is 1. The number of benzene rings is 2.